The molecule has 6 atom stereocenters. The molecule has 1 saturated heterocycles. The molecular formula is C34H47N5O7S. The third kappa shape index (κ3) is 7.19. The van der Waals surface area contributed by atoms with E-state index in [0.29, 0.717) is 17.4 Å². The van der Waals surface area contributed by atoms with E-state index in [1.807, 2.05) is 13.8 Å². The number of benzene rings is 1. The summed E-state index contributed by atoms with van der Waals surface area (Å²) in [5.41, 5.74) is -1.84. The molecule has 5 rings (SSSR count). The summed E-state index contributed by atoms with van der Waals surface area (Å²) in [6.07, 6.45) is 6.29. The fourth-order valence-electron chi connectivity index (χ4n) is 7.22. The zero-order valence-electron chi connectivity index (χ0n) is 27.8. The second kappa shape index (κ2) is 13.0. The van der Waals surface area contributed by atoms with E-state index in [2.05, 4.69) is 26.9 Å². The van der Waals surface area contributed by atoms with Crippen LogP contribution in [0.2, 0.25) is 0 Å². The quantitative estimate of drug-likeness (QED) is 0.294. The van der Waals surface area contributed by atoms with Gasteiger partial charge in [-0.15, -0.1) is 6.58 Å². The second-order valence-corrected chi connectivity index (χ2v) is 16.2. The van der Waals surface area contributed by atoms with Crippen LogP contribution in [0.5, 0.6) is 0 Å². The van der Waals surface area contributed by atoms with Crippen LogP contribution >= 0.6 is 0 Å². The Kier molecular flexibility index (Phi) is 9.51. The van der Waals surface area contributed by atoms with E-state index in [-0.39, 0.29) is 41.5 Å². The Labute approximate surface area is 276 Å². The predicted molar refractivity (Wildman–Crippen MR) is 176 cm³/mol. The minimum Gasteiger partial charge on any atom is -0.444 e. The molecule has 3 fully saturated rings. The minimum atomic E-state index is -4.28. The van der Waals surface area contributed by atoms with Gasteiger partial charge in [-0.25, -0.2) is 17.9 Å². The molecule has 1 aliphatic heterocycles. The molecule has 0 spiro atoms. The van der Waals surface area contributed by atoms with Crippen LogP contribution in [-0.2, 0) is 29.1 Å². The summed E-state index contributed by atoms with van der Waals surface area (Å²) in [5.74, 6) is -2.76. The SMILES string of the molecule is C=C[C@@H]1C[C@]1(NC(=O)[C@H]1CN(C(=O)[C@@H](NC(=O)OC(C)(C)C)C(C)C)C[C@H]2CCCC[C@H]21)C(=O)NS(=O)(=O)c1cccc2cc[nH]c12. The lowest BCUT2D eigenvalue weighted by molar-refractivity contribution is -0.145. The molecule has 0 bridgehead atoms. The van der Waals surface area contributed by atoms with Crippen molar-refractivity contribution >= 4 is 44.7 Å². The van der Waals surface area contributed by atoms with Crippen molar-refractivity contribution in [3.63, 3.8) is 0 Å². The van der Waals surface area contributed by atoms with Crippen molar-refractivity contribution in [2.45, 2.75) is 88.8 Å². The molecule has 2 saturated carbocycles. The maximum atomic E-state index is 14.1. The van der Waals surface area contributed by atoms with E-state index >= 15 is 0 Å². The monoisotopic (exact) mass is 669 g/mol. The number of likely N-dealkylation sites (tertiary alicyclic amines) is 1. The summed E-state index contributed by atoms with van der Waals surface area (Å²) >= 11 is 0. The summed E-state index contributed by atoms with van der Waals surface area (Å²) in [6.45, 7) is 13.3. The Morgan fingerprint density at radius 1 is 1.11 bits per heavy atom. The van der Waals surface area contributed by atoms with Crippen LogP contribution in [0.1, 0.15) is 66.7 Å². The number of hydrogen-bond donors (Lipinski definition) is 4. The zero-order chi connectivity index (χ0) is 34.3. The Morgan fingerprint density at radius 2 is 1.83 bits per heavy atom. The number of aromatic nitrogens is 1. The van der Waals surface area contributed by atoms with Gasteiger partial charge in [0.15, 0.2) is 0 Å². The number of nitrogens with one attached hydrogen (secondary N) is 4. The van der Waals surface area contributed by atoms with E-state index in [1.54, 1.807) is 56.1 Å². The normalized spacial score (nSPS) is 26.6. The van der Waals surface area contributed by atoms with Crippen LogP contribution < -0.4 is 15.4 Å². The van der Waals surface area contributed by atoms with Crippen LogP contribution in [0.3, 0.4) is 0 Å². The Morgan fingerprint density at radius 3 is 2.49 bits per heavy atom. The van der Waals surface area contributed by atoms with Crippen LogP contribution in [-0.4, -0.2) is 72.4 Å². The number of ether oxygens (including phenoxy) is 1. The van der Waals surface area contributed by atoms with Gasteiger partial charge < -0.3 is 25.3 Å². The van der Waals surface area contributed by atoms with E-state index in [1.165, 1.54) is 6.07 Å². The molecule has 4 amide bonds. The van der Waals surface area contributed by atoms with Gasteiger partial charge in [-0.3, -0.25) is 14.4 Å². The molecule has 0 unspecified atom stereocenters. The lowest BCUT2D eigenvalue weighted by Crippen LogP contribution is -2.61. The number of carbonyl (C=O) groups excluding carboxylic acids is 4. The maximum absolute atomic E-state index is 14.1. The minimum absolute atomic E-state index is 0.000583. The van der Waals surface area contributed by atoms with Crippen molar-refractivity contribution in [3.05, 3.63) is 43.1 Å². The number of para-hydroxylation sites is 1. The Hall–Kier alpha value is -3.87. The number of nitrogens with zero attached hydrogens (tertiary/aromatic N) is 1. The highest BCUT2D eigenvalue weighted by atomic mass is 32.2. The molecule has 2 heterocycles. The van der Waals surface area contributed by atoms with Gasteiger partial charge in [-0.2, -0.15) is 0 Å². The molecule has 12 nitrogen and oxygen atoms in total. The first-order valence-corrected chi connectivity index (χ1v) is 17.9. The number of alkyl carbamates (subject to hydrolysis) is 1. The fourth-order valence-corrected chi connectivity index (χ4v) is 8.46. The number of H-pyrrole nitrogens is 1. The molecule has 4 N–H and O–H groups in total. The molecule has 2 aliphatic carbocycles. The van der Waals surface area contributed by atoms with Gasteiger partial charge in [-0.05, 0) is 69.9 Å². The first-order chi connectivity index (χ1) is 22.1. The molecule has 0 radical (unpaired) electrons. The predicted octanol–water partition coefficient (Wildman–Crippen LogP) is 3.85. The molecule has 3 aliphatic rings. The van der Waals surface area contributed by atoms with Gasteiger partial charge in [0.25, 0.3) is 15.9 Å². The number of amides is 4. The average Bonchev–Trinajstić information content (AvgIpc) is 3.50. The number of aromatic amines is 1. The molecule has 256 valence electrons. The highest BCUT2D eigenvalue weighted by Crippen LogP contribution is 2.46. The number of hydrogen-bond acceptors (Lipinski definition) is 7. The van der Waals surface area contributed by atoms with Crippen molar-refractivity contribution < 1.29 is 32.3 Å². The summed E-state index contributed by atoms with van der Waals surface area (Å²) in [6, 6.07) is 5.65. The number of piperidine rings is 1. The molecule has 2 aromatic rings. The van der Waals surface area contributed by atoms with Crippen LogP contribution in [0.25, 0.3) is 10.9 Å². The first kappa shape index (κ1) is 34.5. The molecule has 1 aromatic carbocycles. The van der Waals surface area contributed by atoms with Crippen molar-refractivity contribution in [2.75, 3.05) is 13.1 Å². The standard InChI is InChI=1S/C34H47N5O7S/c1-7-23-17-34(23,31(42)38-47(44,45)26-14-10-12-21-15-16-35-28(21)26)37-29(40)25-19-39(18-22-11-8-9-13-24(22)25)30(41)27(20(2)3)36-32(43)46-33(4,5)6/h7,10,12,14-16,20,22-25,27,35H,1,8-9,11,13,17-19H2,2-6H3,(H,36,43)(H,37,40)(H,38,42)/t22-,23-,24-,25+,27+,34-/m1/s1. The van der Waals surface area contributed by atoms with Crippen molar-refractivity contribution in [1.82, 2.24) is 25.2 Å². The van der Waals surface area contributed by atoms with Crippen molar-refractivity contribution in [2.24, 2.45) is 29.6 Å². The van der Waals surface area contributed by atoms with Crippen molar-refractivity contribution in [1.29, 1.82) is 0 Å². The highest BCUT2D eigenvalue weighted by molar-refractivity contribution is 7.90. The van der Waals surface area contributed by atoms with Gasteiger partial charge in [0.05, 0.1) is 11.4 Å². The first-order valence-electron chi connectivity index (χ1n) is 16.4. The summed E-state index contributed by atoms with van der Waals surface area (Å²) < 4.78 is 34.5. The largest absolute Gasteiger partial charge is 0.444 e. The van der Waals surface area contributed by atoms with Gasteiger partial charge in [-0.1, -0.05) is 44.9 Å². The maximum Gasteiger partial charge on any atom is 0.408 e. The zero-order valence-corrected chi connectivity index (χ0v) is 28.6. The summed E-state index contributed by atoms with van der Waals surface area (Å²) in [4.78, 5) is 58.9. The van der Waals surface area contributed by atoms with E-state index in [0.717, 1.165) is 25.7 Å². The lowest BCUT2D eigenvalue weighted by atomic mass is 9.69. The smallest absolute Gasteiger partial charge is 0.408 e. The van der Waals surface area contributed by atoms with Crippen LogP contribution in [0.4, 0.5) is 4.79 Å². The Balaban J connectivity index is 1.35. The number of sulfonamides is 1. The van der Waals surface area contributed by atoms with E-state index in [9.17, 15) is 27.6 Å². The number of rotatable bonds is 9. The second-order valence-electron chi connectivity index (χ2n) is 14.6. The fraction of sp³-hybridized carbons (Fsp3) is 0.588. The van der Waals surface area contributed by atoms with Gasteiger partial charge in [0.1, 0.15) is 22.1 Å². The Bertz CT molecular complexity index is 1660. The topological polar surface area (TPSA) is 167 Å². The van der Waals surface area contributed by atoms with Gasteiger partial charge in [0.2, 0.25) is 11.8 Å². The summed E-state index contributed by atoms with van der Waals surface area (Å²) in [7, 11) is -4.28. The third-order valence-electron chi connectivity index (χ3n) is 9.73. The third-order valence-corrected chi connectivity index (χ3v) is 11.1. The van der Waals surface area contributed by atoms with Crippen molar-refractivity contribution in [3.8, 4) is 0 Å². The number of fused-ring (bicyclic) bond motifs is 2. The van der Waals surface area contributed by atoms with Gasteiger partial charge in [0, 0.05) is 30.6 Å². The van der Waals surface area contributed by atoms with Gasteiger partial charge >= 0.3 is 6.09 Å². The number of carbonyl (C=O) groups is 4. The van der Waals surface area contributed by atoms with Crippen LogP contribution in [0.15, 0.2) is 48.0 Å². The van der Waals surface area contributed by atoms with E-state index < -0.39 is 56.9 Å². The van der Waals surface area contributed by atoms with Crippen LogP contribution in [0, 0.1) is 29.6 Å². The molecule has 47 heavy (non-hydrogen) atoms. The average molecular weight is 670 g/mol. The van der Waals surface area contributed by atoms with E-state index in [4.69, 9.17) is 4.74 Å². The highest BCUT2D eigenvalue weighted by Gasteiger charge is 2.61. The molecule has 1 aromatic heterocycles. The molecule has 13 heteroatoms. The lowest BCUT2D eigenvalue weighted by Gasteiger charge is -2.46. The summed E-state index contributed by atoms with van der Waals surface area (Å²) in [5, 5.41) is 6.33. The molecular weight excluding hydrogens is 622 g/mol.